The minimum atomic E-state index is -6.24. The molecule has 0 unspecified atom stereocenters. The van der Waals surface area contributed by atoms with Gasteiger partial charge in [-0.05, 0) is 0 Å². The van der Waals surface area contributed by atoms with Gasteiger partial charge in [-0.3, -0.25) is 0 Å². The number of quaternary nitrogens is 4. The average molecular weight is 423 g/mol. The molecule has 94 valence electrons. The van der Waals surface area contributed by atoms with Crippen LogP contribution in [0.25, 0.3) is 0 Å². The summed E-state index contributed by atoms with van der Waals surface area (Å²) in [6, 6.07) is 0. The molecule has 12 heavy (non-hydrogen) atoms. The second-order valence-electron chi connectivity index (χ2n) is 1.000. The molecule has 4 nitrogen and oxygen atoms in total. The van der Waals surface area contributed by atoms with E-state index in [1.54, 1.807) is 0 Å². The van der Waals surface area contributed by atoms with Crippen molar-refractivity contribution in [3.8, 4) is 0 Å². The predicted molar refractivity (Wildman–Crippen MR) is 64.9 cm³/mol. The Labute approximate surface area is 95.7 Å². The third-order valence-electron chi connectivity index (χ3n) is 0. The second kappa shape index (κ2) is 3.82. The Morgan fingerprint density at radius 2 is 0.417 bits per heavy atom. The van der Waals surface area contributed by atoms with Crippen LogP contribution in [0.15, 0.2) is 0 Å². The van der Waals surface area contributed by atoms with Crippen LogP contribution in [0.4, 0.5) is 0 Å². The number of hydrogen-bond donors (Lipinski definition) is 4. The van der Waals surface area contributed by atoms with Crippen molar-refractivity contribution in [1.82, 2.24) is 24.6 Å². The third-order valence-corrected chi connectivity index (χ3v) is 0. The molecule has 0 fully saturated rings. The normalized spacial score (nSPS) is 18.1. The van der Waals surface area contributed by atoms with Crippen molar-refractivity contribution in [3.05, 3.63) is 0 Å². The van der Waals surface area contributed by atoms with E-state index in [1.807, 2.05) is 0 Å². The zero-order valence-electron chi connectivity index (χ0n) is 6.98. The van der Waals surface area contributed by atoms with Gasteiger partial charge in [0, 0.05) is 0 Å². The molecule has 0 atom stereocenters. The monoisotopic (exact) mass is 420 g/mol. The molecule has 0 bridgehead atoms. The molecule has 0 rings (SSSR count). The van der Waals surface area contributed by atoms with E-state index < -0.39 is 4.31 Å². The Morgan fingerprint density at radius 1 is 0.417 bits per heavy atom. The number of halogens is 7. The summed E-state index contributed by atoms with van der Waals surface area (Å²) in [5.41, 5.74) is 0. The minimum Gasteiger partial charge on any atom is -0.369 e. The second-order valence-corrected chi connectivity index (χ2v) is 53.2. The molecule has 0 aliphatic rings. The van der Waals surface area contributed by atoms with Crippen LogP contribution in [0.1, 0.15) is 0 Å². The first-order valence-corrected chi connectivity index (χ1v) is 15.7. The summed E-state index contributed by atoms with van der Waals surface area (Å²) in [7, 11) is 35.4. The van der Waals surface area contributed by atoms with Gasteiger partial charge >= 0.3 is 72.2 Å². The molecular formula is H16Cl7N4Rh. The Balaban J connectivity index is -0.0000000408. The van der Waals surface area contributed by atoms with Crippen molar-refractivity contribution < 1.29 is 4.31 Å². The predicted octanol–water partition coefficient (Wildman–Crippen LogP) is 6.33. The van der Waals surface area contributed by atoms with Crippen LogP contribution < -0.4 is 24.6 Å². The molecule has 0 aliphatic heterocycles. The van der Waals surface area contributed by atoms with Crippen molar-refractivity contribution in [2.24, 2.45) is 0 Å². The van der Waals surface area contributed by atoms with Gasteiger partial charge in [-0.1, -0.05) is 0 Å². The van der Waals surface area contributed by atoms with Crippen LogP contribution in [0.5, 0.6) is 0 Å². The van der Waals surface area contributed by atoms with E-state index in [0.29, 0.717) is 0 Å². The molecule has 0 heterocycles. The number of hydrogen-bond acceptors (Lipinski definition) is 0. The summed E-state index contributed by atoms with van der Waals surface area (Å²) in [5, 5.41) is 0. The Morgan fingerprint density at radius 3 is 0.417 bits per heavy atom. The maximum atomic E-state index is 5.05. The standard InChI is InChI=1S/7ClH.4H3N.Rh/h7*1H;4*1H3;/q;;;;;;;;;;;+3/p-3. The molecule has 0 aromatic carbocycles. The summed E-state index contributed by atoms with van der Waals surface area (Å²) in [6.45, 7) is 0. The van der Waals surface area contributed by atoms with Crippen molar-refractivity contribution in [3.63, 3.8) is 0 Å². The Kier molecular flexibility index (Phi) is 9.31. The van der Waals surface area contributed by atoms with Gasteiger partial charge in [0.2, 0.25) is 0 Å². The van der Waals surface area contributed by atoms with Crippen LogP contribution in [0.2, 0.25) is 0 Å². The first kappa shape index (κ1) is 29.3. The quantitative estimate of drug-likeness (QED) is 0.323. The van der Waals surface area contributed by atoms with E-state index in [0.717, 1.165) is 0 Å². The van der Waals surface area contributed by atoms with Gasteiger partial charge in [0.1, 0.15) is 0 Å². The first-order valence-electron chi connectivity index (χ1n) is 0.882. The van der Waals surface area contributed by atoms with Crippen LogP contribution >= 0.6 is 67.8 Å². The zero-order valence-corrected chi connectivity index (χ0v) is 13.9. The molecule has 0 amide bonds. The fourth-order valence-corrected chi connectivity index (χ4v) is 0. The average Bonchev–Trinajstić information content (AvgIpc) is 0.544. The summed E-state index contributed by atoms with van der Waals surface area (Å²) < 4.78 is -6.24. The van der Waals surface area contributed by atoms with Gasteiger partial charge in [-0.2, -0.15) is 0 Å². The van der Waals surface area contributed by atoms with Crippen molar-refractivity contribution in [2.45, 2.75) is 0 Å². The molecule has 16 N–H and O–H groups in total. The van der Waals surface area contributed by atoms with Gasteiger partial charge in [0.05, 0.1) is 0 Å². The minimum absolute atomic E-state index is 0. The smallest absolute Gasteiger partial charge is 0.369 e. The maximum Gasteiger partial charge on any atom is -0.369 e. The fraction of sp³-hybridized carbons (Fsp3) is 0. The fourth-order valence-electron chi connectivity index (χ4n) is 0. The van der Waals surface area contributed by atoms with E-state index in [9.17, 15) is 0 Å². The molecule has 0 radical (unpaired) electrons. The largest absolute Gasteiger partial charge is 0.369 e. The van der Waals surface area contributed by atoms with E-state index in [4.69, 9.17) is 67.8 Å². The van der Waals surface area contributed by atoms with E-state index in [2.05, 4.69) is 0 Å². The van der Waals surface area contributed by atoms with Crippen molar-refractivity contribution in [2.75, 3.05) is 0 Å². The zero-order chi connectivity index (χ0) is 7.38. The van der Waals surface area contributed by atoms with Gasteiger partial charge < -0.3 is 24.6 Å². The molecule has 0 aromatic heterocycles. The Bertz CT molecular complexity index is 108. The van der Waals surface area contributed by atoms with E-state index in [-0.39, 0.29) is 24.6 Å². The van der Waals surface area contributed by atoms with E-state index >= 15 is 0 Å². The van der Waals surface area contributed by atoms with Gasteiger partial charge in [-0.25, -0.2) is 0 Å². The SMILES string of the molecule is [Cl][Rh-4]([Cl])([Cl])([Cl])([Cl])([Cl])[Cl].[NH4+].[NH4+].[NH4+].[NH4+]. The van der Waals surface area contributed by atoms with E-state index in [1.165, 1.54) is 0 Å². The topological polar surface area (TPSA) is 146 Å². The summed E-state index contributed by atoms with van der Waals surface area (Å²) in [5.74, 6) is 0. The summed E-state index contributed by atoms with van der Waals surface area (Å²) >= 11 is 0. The summed E-state index contributed by atoms with van der Waals surface area (Å²) in [4.78, 5) is 0. The molecule has 0 saturated heterocycles. The van der Waals surface area contributed by atoms with Gasteiger partial charge in [0.15, 0.2) is 0 Å². The molecule has 0 spiro atoms. The maximum absolute atomic E-state index is 6.24. The molecule has 0 aliphatic carbocycles. The third kappa shape index (κ3) is 265. The van der Waals surface area contributed by atoms with Crippen LogP contribution in [0.3, 0.4) is 0 Å². The van der Waals surface area contributed by atoms with Crippen LogP contribution in [-0.2, 0) is 4.31 Å². The van der Waals surface area contributed by atoms with Crippen LogP contribution in [-0.4, -0.2) is 0 Å². The summed E-state index contributed by atoms with van der Waals surface area (Å²) in [6.07, 6.45) is 0. The van der Waals surface area contributed by atoms with Gasteiger partial charge in [0.25, 0.3) is 0 Å². The molecule has 0 saturated carbocycles. The Hall–Kier alpha value is 2.49. The molecule has 0 aromatic rings. The van der Waals surface area contributed by atoms with Crippen molar-refractivity contribution in [1.29, 1.82) is 0 Å². The molecular weight excluding hydrogens is 407 g/mol. The number of rotatable bonds is 0. The van der Waals surface area contributed by atoms with Crippen molar-refractivity contribution >= 4 is 67.8 Å². The van der Waals surface area contributed by atoms with Gasteiger partial charge in [-0.15, -0.1) is 0 Å². The molecule has 12 heteroatoms. The van der Waals surface area contributed by atoms with Crippen LogP contribution in [0, 0.1) is 0 Å². The first-order chi connectivity index (χ1) is 2.65.